The van der Waals surface area contributed by atoms with Crippen LogP contribution in [0.15, 0.2) is 0 Å². The van der Waals surface area contributed by atoms with Crippen LogP contribution in [0.1, 0.15) is 284 Å². The molecule has 0 aromatic heterocycles. The van der Waals surface area contributed by atoms with Crippen LogP contribution in [0.25, 0.3) is 0 Å². The minimum absolute atomic E-state index is 0.212. The number of carbonyl (C=O) groups excluding carboxylic acids is 1. The highest BCUT2D eigenvalue weighted by atomic mass is 16.7. The molecular weight excluding hydrogens is 943 g/mol. The molecule has 0 aromatic rings. The van der Waals surface area contributed by atoms with E-state index in [1.54, 1.807) is 0 Å². The predicted molar refractivity (Wildman–Crippen MR) is 296 cm³/mol. The van der Waals surface area contributed by atoms with Crippen LogP contribution in [0.5, 0.6) is 0 Å². The fourth-order valence-electron chi connectivity index (χ4n) is 10.8. The molecular formula is C60H117NO13. The van der Waals surface area contributed by atoms with E-state index in [2.05, 4.69) is 19.2 Å². The van der Waals surface area contributed by atoms with Crippen molar-refractivity contribution in [2.24, 2.45) is 0 Å². The molecule has 9 N–H and O–H groups in total. The Balaban J connectivity index is 1.43. The summed E-state index contributed by atoms with van der Waals surface area (Å²) < 4.78 is 22.6. The Hall–Kier alpha value is -1.01. The van der Waals surface area contributed by atoms with Crippen molar-refractivity contribution in [2.45, 2.75) is 357 Å². The van der Waals surface area contributed by atoms with Crippen LogP contribution in [0.4, 0.5) is 0 Å². The first kappa shape index (κ1) is 69.1. The van der Waals surface area contributed by atoms with Gasteiger partial charge in [0.15, 0.2) is 12.6 Å². The third kappa shape index (κ3) is 32.2. The number of aliphatic hydroxyl groups is 8. The van der Waals surface area contributed by atoms with E-state index in [-0.39, 0.29) is 12.5 Å². The molecule has 440 valence electrons. The predicted octanol–water partition coefficient (Wildman–Crippen LogP) is 10.9. The molecule has 0 radical (unpaired) electrons. The molecule has 0 saturated carbocycles. The van der Waals surface area contributed by atoms with E-state index >= 15 is 0 Å². The summed E-state index contributed by atoms with van der Waals surface area (Å²) in [6.45, 7) is 2.71. The molecule has 74 heavy (non-hydrogen) atoms. The second kappa shape index (κ2) is 46.9. The number of nitrogens with one attached hydrogen (secondary N) is 1. The first-order valence-corrected chi connectivity index (χ1v) is 31.3. The second-order valence-electron chi connectivity index (χ2n) is 22.6. The fourth-order valence-corrected chi connectivity index (χ4v) is 10.8. The summed E-state index contributed by atoms with van der Waals surface area (Å²) in [6.07, 6.45) is 37.2. The van der Waals surface area contributed by atoms with Gasteiger partial charge in [0, 0.05) is 6.42 Å². The monoisotopic (exact) mass is 1060 g/mol. The maximum Gasteiger partial charge on any atom is 0.220 e. The van der Waals surface area contributed by atoms with Gasteiger partial charge in [0.25, 0.3) is 0 Å². The largest absolute Gasteiger partial charge is 0.394 e. The first-order valence-electron chi connectivity index (χ1n) is 31.3. The Morgan fingerprint density at radius 2 is 0.770 bits per heavy atom. The molecule has 12 atom stereocenters. The SMILES string of the molecule is CCCCCCCCCCCCCCCCCCCCCCCCCCCCCCCCCCCCCCCC(=O)NC(COC1OC(CO)C(OC2OC(CO)C(O)C(O)C2O)C(O)C1O)C(O)CCCCC. The lowest BCUT2D eigenvalue weighted by atomic mass is 9.97. The zero-order chi connectivity index (χ0) is 53.9. The minimum atomic E-state index is -1.78. The van der Waals surface area contributed by atoms with E-state index in [0.717, 1.165) is 44.9 Å². The average Bonchev–Trinajstić information content (AvgIpc) is 3.40. The number of amides is 1. The van der Waals surface area contributed by atoms with Crippen LogP contribution in [-0.2, 0) is 23.7 Å². The van der Waals surface area contributed by atoms with E-state index in [0.29, 0.717) is 12.8 Å². The van der Waals surface area contributed by atoms with Gasteiger partial charge in [-0.3, -0.25) is 4.79 Å². The van der Waals surface area contributed by atoms with Crippen molar-refractivity contribution in [3.8, 4) is 0 Å². The van der Waals surface area contributed by atoms with Crippen molar-refractivity contribution in [1.82, 2.24) is 5.32 Å². The molecule has 1 amide bonds. The molecule has 2 fully saturated rings. The average molecular weight is 1060 g/mol. The van der Waals surface area contributed by atoms with E-state index in [1.165, 1.54) is 212 Å². The summed E-state index contributed by atoms with van der Waals surface area (Å²) in [4.78, 5) is 13.1. The fraction of sp³-hybridized carbons (Fsp3) is 0.983. The second-order valence-corrected chi connectivity index (χ2v) is 22.6. The normalized spacial score (nSPS) is 25.1. The molecule has 12 unspecified atom stereocenters. The van der Waals surface area contributed by atoms with Gasteiger partial charge in [0.1, 0.15) is 48.8 Å². The number of carbonyl (C=O) groups is 1. The van der Waals surface area contributed by atoms with Crippen molar-refractivity contribution in [3.05, 3.63) is 0 Å². The van der Waals surface area contributed by atoms with Crippen LogP contribution in [0.3, 0.4) is 0 Å². The highest BCUT2D eigenvalue weighted by Crippen LogP contribution is 2.30. The lowest BCUT2D eigenvalue weighted by Gasteiger charge is -2.46. The molecule has 2 aliphatic rings. The number of hydrogen-bond acceptors (Lipinski definition) is 13. The summed E-state index contributed by atoms with van der Waals surface area (Å²) >= 11 is 0. The summed E-state index contributed by atoms with van der Waals surface area (Å²) in [5.74, 6) is -0.212. The molecule has 14 nitrogen and oxygen atoms in total. The number of ether oxygens (including phenoxy) is 4. The summed E-state index contributed by atoms with van der Waals surface area (Å²) in [5.41, 5.74) is 0. The lowest BCUT2D eigenvalue weighted by molar-refractivity contribution is -0.359. The van der Waals surface area contributed by atoms with Gasteiger partial charge in [-0.25, -0.2) is 0 Å². The van der Waals surface area contributed by atoms with Gasteiger partial charge in [0.05, 0.1) is 32.0 Å². The Bertz CT molecular complexity index is 1250. The highest BCUT2D eigenvalue weighted by Gasteiger charge is 2.51. The van der Waals surface area contributed by atoms with Crippen LogP contribution in [-0.4, -0.2) is 140 Å². The number of aliphatic hydroxyl groups excluding tert-OH is 8. The Morgan fingerprint density at radius 1 is 0.432 bits per heavy atom. The Kier molecular flexibility index (Phi) is 43.8. The Morgan fingerprint density at radius 3 is 1.15 bits per heavy atom. The maximum atomic E-state index is 13.1. The standard InChI is InChI=1S/C60H117NO13/c1-3-5-7-8-9-10-11-12-13-14-15-16-17-18-19-20-21-22-23-24-25-26-27-28-29-30-31-32-33-34-35-36-37-38-39-40-42-44-52(65)61-48(49(64)43-41-6-4-2)47-71-59-57(70)55(68)58(51(46-63)73-59)74-60-56(69)54(67)53(66)50(45-62)72-60/h48-51,53-60,62-64,66-70H,3-47H2,1-2H3,(H,61,65). The van der Waals surface area contributed by atoms with Crippen molar-refractivity contribution in [1.29, 1.82) is 0 Å². The van der Waals surface area contributed by atoms with E-state index in [4.69, 9.17) is 18.9 Å². The van der Waals surface area contributed by atoms with E-state index < -0.39 is 86.8 Å². The van der Waals surface area contributed by atoms with Crippen LogP contribution < -0.4 is 5.32 Å². The van der Waals surface area contributed by atoms with Crippen molar-refractivity contribution in [2.75, 3.05) is 19.8 Å². The quantitative estimate of drug-likeness (QED) is 0.0259. The van der Waals surface area contributed by atoms with Gasteiger partial charge in [-0.1, -0.05) is 264 Å². The molecule has 2 heterocycles. The third-order valence-electron chi connectivity index (χ3n) is 15.8. The summed E-state index contributed by atoms with van der Waals surface area (Å²) in [5, 5.41) is 86.2. The summed E-state index contributed by atoms with van der Waals surface area (Å²) in [7, 11) is 0. The van der Waals surface area contributed by atoms with Gasteiger partial charge in [-0.05, 0) is 12.8 Å². The topological polar surface area (TPSA) is 228 Å². The molecule has 0 spiro atoms. The van der Waals surface area contributed by atoms with Crippen molar-refractivity contribution >= 4 is 5.91 Å². The lowest BCUT2D eigenvalue weighted by Crippen LogP contribution is -2.65. The van der Waals surface area contributed by atoms with Crippen LogP contribution >= 0.6 is 0 Å². The summed E-state index contributed by atoms with van der Waals surface area (Å²) in [6, 6.07) is -0.819. The van der Waals surface area contributed by atoms with Crippen molar-refractivity contribution < 1.29 is 64.6 Å². The zero-order valence-corrected chi connectivity index (χ0v) is 47.4. The number of unbranched alkanes of at least 4 members (excludes halogenated alkanes) is 38. The molecule has 2 aliphatic heterocycles. The highest BCUT2D eigenvalue weighted by molar-refractivity contribution is 5.76. The smallest absolute Gasteiger partial charge is 0.220 e. The molecule has 0 aliphatic carbocycles. The Labute approximate surface area is 451 Å². The minimum Gasteiger partial charge on any atom is -0.394 e. The van der Waals surface area contributed by atoms with Crippen molar-refractivity contribution in [3.63, 3.8) is 0 Å². The van der Waals surface area contributed by atoms with Gasteiger partial charge in [0.2, 0.25) is 5.91 Å². The van der Waals surface area contributed by atoms with Gasteiger partial charge < -0.3 is 65.1 Å². The number of rotatable bonds is 51. The third-order valence-corrected chi connectivity index (χ3v) is 15.8. The molecule has 14 heteroatoms. The molecule has 2 rings (SSSR count). The number of hydrogen-bond donors (Lipinski definition) is 9. The van der Waals surface area contributed by atoms with Gasteiger partial charge in [-0.15, -0.1) is 0 Å². The maximum absolute atomic E-state index is 13.1. The van der Waals surface area contributed by atoms with Crippen LogP contribution in [0, 0.1) is 0 Å². The molecule has 0 aromatic carbocycles. The molecule has 0 bridgehead atoms. The zero-order valence-electron chi connectivity index (χ0n) is 47.4. The van der Waals surface area contributed by atoms with Crippen LogP contribution in [0.2, 0.25) is 0 Å². The van der Waals surface area contributed by atoms with Gasteiger partial charge in [-0.2, -0.15) is 0 Å². The van der Waals surface area contributed by atoms with E-state index in [9.17, 15) is 45.6 Å². The van der Waals surface area contributed by atoms with Gasteiger partial charge >= 0.3 is 0 Å². The van der Waals surface area contributed by atoms with E-state index in [1.807, 2.05) is 0 Å². The first-order chi connectivity index (χ1) is 36.1. The molecule has 2 saturated heterocycles.